The number of fused-ring (bicyclic) bond motifs is 1. The number of nitrogens with zero attached hydrogens (tertiary/aromatic N) is 2. The van der Waals surface area contributed by atoms with Crippen molar-refractivity contribution in [2.45, 2.75) is 55.2 Å². The number of nitrogens with one attached hydrogen (secondary N) is 1. The molecule has 2 heterocycles. The maximum Gasteiger partial charge on any atom is 0.256 e. The molecule has 3 aromatic rings. The van der Waals surface area contributed by atoms with Gasteiger partial charge < -0.3 is 9.73 Å². The number of para-hydroxylation sites is 2. The normalized spacial score (nSPS) is 11.2. The molecule has 5 nitrogen and oxygen atoms in total. The van der Waals surface area contributed by atoms with Crippen LogP contribution in [-0.2, 0) is 4.79 Å². The maximum atomic E-state index is 12.6. The average molecular weight is 462 g/mol. The Morgan fingerprint density at radius 3 is 2.63 bits per heavy atom. The molecular weight excluding hydrogens is 434 g/mol. The van der Waals surface area contributed by atoms with Gasteiger partial charge in [0.15, 0.2) is 5.58 Å². The van der Waals surface area contributed by atoms with Crippen LogP contribution in [0.15, 0.2) is 49.9 Å². The number of thioether (sulfide) groups is 3. The second-order valence-electron chi connectivity index (χ2n) is 6.61. The van der Waals surface area contributed by atoms with Crippen molar-refractivity contribution in [3.05, 3.63) is 36.0 Å². The molecule has 0 spiro atoms. The van der Waals surface area contributed by atoms with Crippen LogP contribution in [0.1, 0.15) is 38.8 Å². The zero-order chi connectivity index (χ0) is 21.3. The molecule has 3 rings (SSSR count). The minimum atomic E-state index is 0.0448. The van der Waals surface area contributed by atoms with Crippen LogP contribution in [0.4, 0.5) is 5.69 Å². The summed E-state index contributed by atoms with van der Waals surface area (Å²) in [7, 11) is 0. The topological polar surface area (TPSA) is 68.0 Å². The van der Waals surface area contributed by atoms with E-state index in [1.54, 1.807) is 35.3 Å². The average Bonchev–Trinajstić information content (AvgIpc) is 3.13. The maximum absolute atomic E-state index is 12.6. The number of benzene rings is 1. The van der Waals surface area contributed by atoms with E-state index >= 15 is 0 Å². The molecular formula is C22H27N3O2S3. The molecule has 0 bridgehead atoms. The molecule has 8 heteroatoms. The van der Waals surface area contributed by atoms with E-state index in [2.05, 4.69) is 35.2 Å². The van der Waals surface area contributed by atoms with Gasteiger partial charge >= 0.3 is 0 Å². The molecule has 0 aliphatic rings. The van der Waals surface area contributed by atoms with E-state index in [4.69, 9.17) is 4.42 Å². The van der Waals surface area contributed by atoms with Gasteiger partial charge in [0, 0.05) is 22.8 Å². The highest BCUT2D eigenvalue weighted by Gasteiger charge is 2.15. The molecule has 0 saturated carbocycles. The third-order valence-electron chi connectivity index (χ3n) is 4.22. The summed E-state index contributed by atoms with van der Waals surface area (Å²) in [6.45, 7) is 6.22. The fourth-order valence-electron chi connectivity index (χ4n) is 2.90. The summed E-state index contributed by atoms with van der Waals surface area (Å²) in [5.41, 5.74) is 3.54. The van der Waals surface area contributed by atoms with Crippen molar-refractivity contribution < 1.29 is 9.21 Å². The third kappa shape index (κ3) is 6.43. The molecule has 0 radical (unpaired) electrons. The van der Waals surface area contributed by atoms with Gasteiger partial charge in [-0.1, -0.05) is 37.7 Å². The largest absolute Gasteiger partial charge is 0.431 e. The Morgan fingerprint density at radius 2 is 1.87 bits per heavy atom. The molecule has 0 fully saturated rings. The highest BCUT2D eigenvalue weighted by atomic mass is 32.2. The highest BCUT2D eigenvalue weighted by molar-refractivity contribution is 8.00. The zero-order valence-electron chi connectivity index (χ0n) is 17.6. The van der Waals surface area contributed by atoms with Crippen LogP contribution in [0.3, 0.4) is 0 Å². The number of amides is 1. The van der Waals surface area contributed by atoms with Crippen LogP contribution in [0, 0.1) is 6.92 Å². The number of aromatic nitrogens is 2. The lowest BCUT2D eigenvalue weighted by atomic mass is 10.2. The molecule has 0 unspecified atom stereocenters. The van der Waals surface area contributed by atoms with E-state index in [0.717, 1.165) is 62.5 Å². The molecule has 30 heavy (non-hydrogen) atoms. The van der Waals surface area contributed by atoms with Gasteiger partial charge in [-0.25, -0.2) is 9.97 Å². The number of unbranched alkanes of at least 4 members (excludes halogenated alkanes) is 1. The zero-order valence-corrected chi connectivity index (χ0v) is 20.0. The summed E-state index contributed by atoms with van der Waals surface area (Å²) in [5.74, 6) is 2.79. The first-order valence-corrected chi connectivity index (χ1v) is 13.1. The Labute approximate surface area is 190 Å². The predicted octanol–water partition coefficient (Wildman–Crippen LogP) is 6.66. The van der Waals surface area contributed by atoms with E-state index < -0.39 is 0 Å². The minimum absolute atomic E-state index is 0.0448. The van der Waals surface area contributed by atoms with Gasteiger partial charge in [-0.2, -0.15) is 0 Å². The van der Waals surface area contributed by atoms with Crippen molar-refractivity contribution in [2.24, 2.45) is 0 Å². The molecule has 0 atom stereocenters. The number of aryl methyl sites for hydroxylation is 1. The lowest BCUT2D eigenvalue weighted by Crippen LogP contribution is -2.13. The predicted molar refractivity (Wildman–Crippen MR) is 129 cm³/mol. The third-order valence-corrected chi connectivity index (χ3v) is 6.91. The Bertz CT molecular complexity index is 931. The van der Waals surface area contributed by atoms with E-state index in [1.807, 2.05) is 31.2 Å². The van der Waals surface area contributed by atoms with Gasteiger partial charge in [0.05, 0.1) is 5.69 Å². The monoisotopic (exact) mass is 461 g/mol. The van der Waals surface area contributed by atoms with Gasteiger partial charge in [-0.15, -0.1) is 23.5 Å². The van der Waals surface area contributed by atoms with Gasteiger partial charge in [0.1, 0.15) is 10.5 Å². The quantitative estimate of drug-likeness (QED) is 0.253. The first-order valence-electron chi connectivity index (χ1n) is 10.2. The SMILES string of the molecule is CCSc1cc(C)nc(SCC)c1NC(=O)CCCCSc1nc2ccccc2o1. The Morgan fingerprint density at radius 1 is 1.07 bits per heavy atom. The number of hydrogen-bond acceptors (Lipinski definition) is 7. The van der Waals surface area contributed by atoms with E-state index in [9.17, 15) is 4.79 Å². The molecule has 1 amide bonds. The lowest BCUT2D eigenvalue weighted by molar-refractivity contribution is -0.116. The van der Waals surface area contributed by atoms with Gasteiger partial charge in [-0.05, 0) is 49.5 Å². The number of hydrogen-bond donors (Lipinski definition) is 1. The standard InChI is InChI=1S/C22H27N3O2S3/c1-4-28-18-14-15(3)23-21(29-5-2)20(18)25-19(26)12-8-9-13-30-22-24-16-10-6-7-11-17(16)27-22/h6-7,10-11,14H,4-5,8-9,12-13H2,1-3H3,(H,25,26). The summed E-state index contributed by atoms with van der Waals surface area (Å²) in [6.07, 6.45) is 2.25. The smallest absolute Gasteiger partial charge is 0.256 e. The summed E-state index contributed by atoms with van der Waals surface area (Å²) in [6, 6.07) is 9.83. The summed E-state index contributed by atoms with van der Waals surface area (Å²) in [5, 5.41) is 4.72. The van der Waals surface area contributed by atoms with Crippen LogP contribution >= 0.6 is 35.3 Å². The number of rotatable bonds is 11. The van der Waals surface area contributed by atoms with Gasteiger partial charge in [0.2, 0.25) is 5.91 Å². The summed E-state index contributed by atoms with van der Waals surface area (Å²) < 4.78 is 5.72. The van der Waals surface area contributed by atoms with Gasteiger partial charge in [0.25, 0.3) is 5.22 Å². The van der Waals surface area contributed by atoms with Crippen LogP contribution in [0.5, 0.6) is 0 Å². The van der Waals surface area contributed by atoms with Crippen molar-refractivity contribution in [2.75, 3.05) is 22.6 Å². The molecule has 0 aliphatic heterocycles. The number of oxazole rings is 1. The van der Waals surface area contributed by atoms with Crippen molar-refractivity contribution >= 4 is 58.0 Å². The van der Waals surface area contributed by atoms with Crippen molar-refractivity contribution in [3.63, 3.8) is 0 Å². The Kier molecular flexibility index (Phi) is 8.96. The molecule has 160 valence electrons. The summed E-state index contributed by atoms with van der Waals surface area (Å²) in [4.78, 5) is 22.8. The van der Waals surface area contributed by atoms with Gasteiger partial charge in [-0.3, -0.25) is 4.79 Å². The number of pyridine rings is 1. The summed E-state index contributed by atoms with van der Waals surface area (Å²) >= 11 is 5.01. The van der Waals surface area contributed by atoms with E-state index in [1.165, 1.54) is 0 Å². The molecule has 0 aliphatic carbocycles. The number of anilines is 1. The van der Waals surface area contributed by atoms with Crippen molar-refractivity contribution in [1.29, 1.82) is 0 Å². The molecule has 1 N–H and O–H groups in total. The minimum Gasteiger partial charge on any atom is -0.431 e. The van der Waals surface area contributed by atoms with E-state index in [0.29, 0.717) is 11.6 Å². The first-order chi connectivity index (χ1) is 14.6. The fourth-order valence-corrected chi connectivity index (χ4v) is 5.45. The Balaban J connectivity index is 1.49. The lowest BCUT2D eigenvalue weighted by Gasteiger charge is -2.15. The van der Waals surface area contributed by atoms with E-state index in [-0.39, 0.29) is 5.91 Å². The second-order valence-corrected chi connectivity index (χ2v) is 10.2. The fraction of sp³-hybridized carbons (Fsp3) is 0.409. The van der Waals surface area contributed by atoms with Crippen LogP contribution < -0.4 is 5.32 Å². The second kappa shape index (κ2) is 11.7. The molecule has 0 saturated heterocycles. The van der Waals surface area contributed by atoms with Crippen LogP contribution in [-0.4, -0.2) is 33.1 Å². The number of carbonyl (C=O) groups excluding carboxylic acids is 1. The Hall–Kier alpha value is -1.64. The molecule has 1 aromatic carbocycles. The van der Waals surface area contributed by atoms with Crippen LogP contribution in [0.2, 0.25) is 0 Å². The van der Waals surface area contributed by atoms with Crippen molar-refractivity contribution in [1.82, 2.24) is 9.97 Å². The first kappa shape index (κ1) is 23.0. The highest BCUT2D eigenvalue weighted by Crippen LogP contribution is 2.35. The number of carbonyl (C=O) groups is 1. The van der Waals surface area contributed by atoms with Crippen LogP contribution in [0.25, 0.3) is 11.1 Å². The molecule has 2 aromatic heterocycles. The van der Waals surface area contributed by atoms with Crippen molar-refractivity contribution in [3.8, 4) is 0 Å².